The Morgan fingerprint density at radius 3 is 0.700 bits per heavy atom. The van der Waals surface area contributed by atoms with Crippen molar-refractivity contribution >= 4 is 20.6 Å². The summed E-state index contributed by atoms with van der Waals surface area (Å²) < 4.78 is 30.8. The van der Waals surface area contributed by atoms with Crippen molar-refractivity contribution < 1.29 is 32.7 Å². The lowest BCUT2D eigenvalue weighted by Gasteiger charge is -2.07. The normalized spacial score (nSPS) is 11.3. The molecule has 0 aromatic heterocycles. The maximum Gasteiger partial charge on any atom is 0.515 e. The van der Waals surface area contributed by atoms with Crippen LogP contribution in [0.2, 0.25) is 0 Å². The second-order valence-corrected chi connectivity index (χ2v) is 15.6. The molecule has 0 radical (unpaired) electrons. The summed E-state index contributed by atoms with van der Waals surface area (Å²) in [6, 6.07) is 0. The van der Waals surface area contributed by atoms with E-state index in [1.807, 2.05) is 0 Å². The summed E-state index contributed by atoms with van der Waals surface area (Å²) >= 11 is 0. The first-order valence-corrected chi connectivity index (χ1v) is 23.1. The van der Waals surface area contributed by atoms with E-state index in [2.05, 4.69) is 22.9 Å². The molecule has 0 heterocycles. The Morgan fingerprint density at radius 1 is 0.320 bits per heavy atom. The highest BCUT2D eigenvalue weighted by atomic mass is 31.1. The Balaban J connectivity index is 3.36. The maximum atomic E-state index is 11.8. The third-order valence-electron chi connectivity index (χ3n) is 9.77. The summed E-state index contributed by atoms with van der Waals surface area (Å²) in [5.41, 5.74) is 0. The molecule has 0 aromatic rings. The van der Waals surface area contributed by atoms with Gasteiger partial charge in [-0.05, 0) is 12.8 Å². The minimum Gasteiger partial charge on any atom is -0.434 e. The van der Waals surface area contributed by atoms with Crippen LogP contribution in [-0.2, 0) is 23.1 Å². The molecule has 0 unspecified atom stereocenters. The molecule has 0 atom stereocenters. The number of hydrogen-bond acceptors (Lipinski definition) is 7. The van der Waals surface area contributed by atoms with Gasteiger partial charge in [0.2, 0.25) is 0 Å². The standard InChI is InChI=1S/C42H83O7P/c1-3-5-7-9-11-13-15-17-19-21-23-25-27-29-31-33-35-37-39-46-41(43)48-50(45)49-42(44)47-40-38-36-34-32-30-28-26-24-22-20-18-16-14-12-10-8-6-4-2/h50H,3-40H2,1-2H3. The van der Waals surface area contributed by atoms with Crippen molar-refractivity contribution in [3.63, 3.8) is 0 Å². The molecule has 0 N–H and O–H groups in total. The van der Waals surface area contributed by atoms with Gasteiger partial charge in [-0.25, -0.2) is 14.2 Å². The zero-order chi connectivity index (χ0) is 36.4. The van der Waals surface area contributed by atoms with Crippen LogP contribution < -0.4 is 0 Å². The molecule has 0 fully saturated rings. The number of rotatable bonds is 40. The second kappa shape index (κ2) is 42.2. The topological polar surface area (TPSA) is 88.1 Å². The molecule has 0 saturated heterocycles. The fraction of sp³-hybridized carbons (Fsp3) is 0.952. The van der Waals surface area contributed by atoms with E-state index < -0.39 is 20.6 Å². The molecule has 8 heteroatoms. The molecule has 0 aliphatic carbocycles. The summed E-state index contributed by atoms with van der Waals surface area (Å²) in [6.45, 7) is 4.96. The van der Waals surface area contributed by atoms with Gasteiger partial charge in [0.15, 0.2) is 0 Å². The Labute approximate surface area is 310 Å². The number of ether oxygens (including phenoxy) is 2. The van der Waals surface area contributed by atoms with Crippen molar-refractivity contribution in [2.75, 3.05) is 13.2 Å². The van der Waals surface area contributed by atoms with Crippen molar-refractivity contribution in [2.24, 2.45) is 0 Å². The Kier molecular flexibility index (Phi) is 41.1. The van der Waals surface area contributed by atoms with Crippen LogP contribution in [0.1, 0.15) is 245 Å². The van der Waals surface area contributed by atoms with Crippen LogP contribution in [-0.4, -0.2) is 25.5 Å². The van der Waals surface area contributed by atoms with Crippen molar-refractivity contribution in [1.82, 2.24) is 0 Å². The highest BCUT2D eigenvalue weighted by Crippen LogP contribution is 2.25. The molecule has 0 spiro atoms. The van der Waals surface area contributed by atoms with Crippen LogP contribution in [0.3, 0.4) is 0 Å². The molecule has 50 heavy (non-hydrogen) atoms. The molecule has 0 aliphatic rings. The van der Waals surface area contributed by atoms with E-state index >= 15 is 0 Å². The van der Waals surface area contributed by atoms with Crippen molar-refractivity contribution in [3.05, 3.63) is 0 Å². The first-order chi connectivity index (χ1) is 24.6. The Morgan fingerprint density at radius 2 is 0.500 bits per heavy atom. The average molecular weight is 731 g/mol. The molecule has 0 aliphatic heterocycles. The molecule has 298 valence electrons. The number of carbonyl (C=O) groups is 2. The Bertz CT molecular complexity index is 675. The predicted octanol–water partition coefficient (Wildman–Crippen LogP) is 15.8. The molecule has 0 amide bonds. The molecule has 0 rings (SSSR count). The quantitative estimate of drug-likeness (QED) is 0.0352. The summed E-state index contributed by atoms with van der Waals surface area (Å²) in [5, 5.41) is 0. The molecular weight excluding hydrogens is 647 g/mol. The lowest BCUT2D eigenvalue weighted by molar-refractivity contribution is 0.0803. The number of unbranched alkanes of at least 4 members (excludes halogenated alkanes) is 34. The fourth-order valence-corrected chi connectivity index (χ4v) is 6.97. The van der Waals surface area contributed by atoms with Gasteiger partial charge >= 0.3 is 20.6 Å². The lowest BCUT2D eigenvalue weighted by atomic mass is 10.0. The van der Waals surface area contributed by atoms with Crippen molar-refractivity contribution in [3.8, 4) is 0 Å². The molecule has 0 aromatic carbocycles. The van der Waals surface area contributed by atoms with Gasteiger partial charge in [0.1, 0.15) is 0 Å². The zero-order valence-corrected chi connectivity index (χ0v) is 34.2. The smallest absolute Gasteiger partial charge is 0.434 e. The number of hydrogen-bond donors (Lipinski definition) is 0. The molecular formula is C42H83O7P. The Hall–Kier alpha value is -1.23. The minimum atomic E-state index is -3.33. The van der Waals surface area contributed by atoms with Crippen LogP contribution in [0.5, 0.6) is 0 Å². The molecule has 0 saturated carbocycles. The lowest BCUT2D eigenvalue weighted by Crippen LogP contribution is -2.08. The first kappa shape index (κ1) is 48.8. The predicted molar refractivity (Wildman–Crippen MR) is 211 cm³/mol. The monoisotopic (exact) mass is 731 g/mol. The molecule has 0 bridgehead atoms. The second-order valence-electron chi connectivity index (χ2n) is 14.7. The van der Waals surface area contributed by atoms with Gasteiger partial charge in [0.05, 0.1) is 13.2 Å². The van der Waals surface area contributed by atoms with Gasteiger partial charge in [-0.2, -0.15) is 0 Å². The number of carbonyl (C=O) groups excluding carboxylic acids is 2. The van der Waals surface area contributed by atoms with Gasteiger partial charge in [0, 0.05) is 0 Å². The van der Waals surface area contributed by atoms with Gasteiger partial charge in [-0.15, -0.1) is 0 Å². The van der Waals surface area contributed by atoms with E-state index in [0.717, 1.165) is 38.5 Å². The van der Waals surface area contributed by atoms with E-state index in [-0.39, 0.29) is 13.2 Å². The minimum absolute atomic E-state index is 0.205. The SMILES string of the molecule is CCCCCCCCCCCCCCCCCCCCOC(=O)O[PH](=O)OC(=O)OCCCCCCCCCCCCCCCCCCCC. The van der Waals surface area contributed by atoms with Gasteiger partial charge in [0.25, 0.3) is 0 Å². The van der Waals surface area contributed by atoms with E-state index in [1.54, 1.807) is 0 Å². The van der Waals surface area contributed by atoms with E-state index in [0.29, 0.717) is 0 Å². The maximum absolute atomic E-state index is 11.8. The van der Waals surface area contributed by atoms with Crippen LogP contribution >= 0.6 is 8.25 Å². The van der Waals surface area contributed by atoms with Crippen LogP contribution in [0.4, 0.5) is 9.59 Å². The highest BCUT2D eigenvalue weighted by Gasteiger charge is 2.15. The zero-order valence-electron chi connectivity index (χ0n) is 33.2. The van der Waals surface area contributed by atoms with Crippen molar-refractivity contribution in [1.29, 1.82) is 0 Å². The fourth-order valence-electron chi connectivity index (χ4n) is 6.53. The van der Waals surface area contributed by atoms with Gasteiger partial charge in [-0.3, -0.25) is 0 Å². The summed E-state index contributed by atoms with van der Waals surface area (Å²) in [7, 11) is -3.33. The third-order valence-corrected chi connectivity index (χ3v) is 10.4. The van der Waals surface area contributed by atoms with Crippen LogP contribution in [0.15, 0.2) is 0 Å². The van der Waals surface area contributed by atoms with Crippen molar-refractivity contribution in [2.45, 2.75) is 245 Å². The van der Waals surface area contributed by atoms with Crippen LogP contribution in [0.25, 0.3) is 0 Å². The van der Waals surface area contributed by atoms with Gasteiger partial charge < -0.3 is 18.5 Å². The van der Waals surface area contributed by atoms with Crippen LogP contribution in [0, 0.1) is 0 Å². The molecule has 7 nitrogen and oxygen atoms in total. The first-order valence-electron chi connectivity index (χ1n) is 21.8. The highest BCUT2D eigenvalue weighted by molar-refractivity contribution is 7.34. The van der Waals surface area contributed by atoms with E-state index in [4.69, 9.17) is 9.47 Å². The third kappa shape index (κ3) is 41.2. The summed E-state index contributed by atoms with van der Waals surface area (Å²) in [5.74, 6) is 0. The summed E-state index contributed by atoms with van der Waals surface area (Å²) in [4.78, 5) is 23.4. The van der Waals surface area contributed by atoms with Gasteiger partial charge in [-0.1, -0.05) is 232 Å². The van der Waals surface area contributed by atoms with E-state index in [9.17, 15) is 14.2 Å². The summed E-state index contributed by atoms with van der Waals surface area (Å²) in [6.07, 6.45) is 44.4. The average Bonchev–Trinajstić information content (AvgIpc) is 3.10. The van der Waals surface area contributed by atoms with E-state index in [1.165, 1.54) is 193 Å². The largest absolute Gasteiger partial charge is 0.515 e.